The van der Waals surface area contributed by atoms with E-state index in [1.165, 1.54) is 5.57 Å². The number of rotatable bonds is 5. The van der Waals surface area contributed by atoms with E-state index in [0.717, 1.165) is 13.1 Å². The SMILES string of the molecule is C=C/C=C\C=C(/C)CN(C)CC. The van der Waals surface area contributed by atoms with E-state index in [-0.39, 0.29) is 0 Å². The second-order valence-electron chi connectivity index (χ2n) is 2.96. The van der Waals surface area contributed by atoms with Crippen molar-refractivity contribution in [3.63, 3.8) is 0 Å². The van der Waals surface area contributed by atoms with Crippen LogP contribution in [0.2, 0.25) is 0 Å². The maximum absolute atomic E-state index is 3.61. The molecule has 0 radical (unpaired) electrons. The molecule has 0 aliphatic carbocycles. The molecule has 0 aromatic carbocycles. The third kappa shape index (κ3) is 5.93. The van der Waals surface area contributed by atoms with Gasteiger partial charge in [0.15, 0.2) is 0 Å². The zero-order valence-electron chi connectivity index (χ0n) is 8.38. The van der Waals surface area contributed by atoms with Crippen molar-refractivity contribution in [2.75, 3.05) is 20.1 Å². The van der Waals surface area contributed by atoms with E-state index in [0.29, 0.717) is 0 Å². The molecule has 0 bridgehead atoms. The van der Waals surface area contributed by atoms with E-state index < -0.39 is 0 Å². The van der Waals surface area contributed by atoms with Crippen molar-refractivity contribution in [2.24, 2.45) is 0 Å². The van der Waals surface area contributed by atoms with Crippen LogP contribution in [-0.4, -0.2) is 25.0 Å². The molecule has 68 valence electrons. The molecule has 0 rings (SSSR count). The van der Waals surface area contributed by atoms with Gasteiger partial charge in [0, 0.05) is 6.54 Å². The first-order chi connectivity index (χ1) is 5.70. The van der Waals surface area contributed by atoms with Crippen molar-refractivity contribution in [1.82, 2.24) is 4.90 Å². The first kappa shape index (κ1) is 11.2. The summed E-state index contributed by atoms with van der Waals surface area (Å²) >= 11 is 0. The molecule has 0 aliphatic heterocycles. The molecular weight excluding hydrogens is 146 g/mol. The largest absolute Gasteiger partial charge is 0.303 e. The van der Waals surface area contributed by atoms with Gasteiger partial charge in [0.25, 0.3) is 0 Å². The average Bonchev–Trinajstić information content (AvgIpc) is 2.05. The summed E-state index contributed by atoms with van der Waals surface area (Å²) in [6.07, 6.45) is 7.86. The smallest absolute Gasteiger partial charge is 0.0190 e. The van der Waals surface area contributed by atoms with Crippen molar-refractivity contribution < 1.29 is 0 Å². The Morgan fingerprint density at radius 2 is 2.08 bits per heavy atom. The number of hydrogen-bond donors (Lipinski definition) is 0. The van der Waals surface area contributed by atoms with Gasteiger partial charge < -0.3 is 4.90 Å². The third-order valence-corrected chi connectivity index (χ3v) is 1.69. The van der Waals surface area contributed by atoms with Crippen LogP contribution in [0.3, 0.4) is 0 Å². The highest BCUT2D eigenvalue weighted by Crippen LogP contribution is 1.96. The van der Waals surface area contributed by atoms with E-state index in [1.807, 2.05) is 12.2 Å². The van der Waals surface area contributed by atoms with E-state index >= 15 is 0 Å². The fourth-order valence-electron chi connectivity index (χ4n) is 0.889. The molecule has 0 fully saturated rings. The van der Waals surface area contributed by atoms with Gasteiger partial charge in [-0.05, 0) is 20.5 Å². The maximum atomic E-state index is 3.61. The van der Waals surface area contributed by atoms with Crippen molar-refractivity contribution in [2.45, 2.75) is 13.8 Å². The minimum atomic E-state index is 1.04. The van der Waals surface area contributed by atoms with E-state index in [2.05, 4.69) is 38.5 Å². The summed E-state index contributed by atoms with van der Waals surface area (Å²) < 4.78 is 0. The van der Waals surface area contributed by atoms with Crippen LogP contribution in [0, 0.1) is 0 Å². The van der Waals surface area contributed by atoms with Gasteiger partial charge in [-0.1, -0.05) is 43.4 Å². The van der Waals surface area contributed by atoms with Crippen molar-refractivity contribution in [3.8, 4) is 0 Å². The summed E-state index contributed by atoms with van der Waals surface area (Å²) in [4.78, 5) is 2.27. The fourth-order valence-corrected chi connectivity index (χ4v) is 0.889. The summed E-state index contributed by atoms with van der Waals surface area (Å²) in [6.45, 7) is 10.0. The lowest BCUT2D eigenvalue weighted by Crippen LogP contribution is -2.19. The van der Waals surface area contributed by atoms with Crippen LogP contribution in [0.25, 0.3) is 0 Å². The van der Waals surface area contributed by atoms with Gasteiger partial charge >= 0.3 is 0 Å². The molecule has 0 heterocycles. The average molecular weight is 165 g/mol. The lowest BCUT2D eigenvalue weighted by Gasteiger charge is -2.13. The first-order valence-corrected chi connectivity index (χ1v) is 4.34. The van der Waals surface area contributed by atoms with Crippen LogP contribution in [0.5, 0.6) is 0 Å². The molecule has 0 saturated heterocycles. The molecule has 0 aromatic heterocycles. The molecule has 1 nitrogen and oxygen atoms in total. The highest BCUT2D eigenvalue weighted by atomic mass is 15.1. The molecule has 0 aliphatic rings. The Labute approximate surface area is 76.1 Å². The lowest BCUT2D eigenvalue weighted by atomic mass is 10.2. The van der Waals surface area contributed by atoms with Gasteiger partial charge in [-0.2, -0.15) is 0 Å². The molecule has 1 heteroatoms. The molecule has 0 unspecified atom stereocenters. The van der Waals surface area contributed by atoms with Crippen molar-refractivity contribution in [3.05, 3.63) is 36.5 Å². The van der Waals surface area contributed by atoms with Gasteiger partial charge in [-0.15, -0.1) is 0 Å². The van der Waals surface area contributed by atoms with E-state index in [4.69, 9.17) is 0 Å². The van der Waals surface area contributed by atoms with Crippen LogP contribution < -0.4 is 0 Å². The predicted octanol–water partition coefficient (Wildman–Crippen LogP) is 2.63. The normalized spacial score (nSPS) is 12.8. The summed E-state index contributed by atoms with van der Waals surface area (Å²) in [5.41, 5.74) is 1.37. The Balaban J connectivity index is 3.84. The summed E-state index contributed by atoms with van der Waals surface area (Å²) in [6, 6.07) is 0. The van der Waals surface area contributed by atoms with Crippen LogP contribution in [-0.2, 0) is 0 Å². The third-order valence-electron chi connectivity index (χ3n) is 1.69. The lowest BCUT2D eigenvalue weighted by molar-refractivity contribution is 0.383. The van der Waals surface area contributed by atoms with Gasteiger partial charge in [-0.25, -0.2) is 0 Å². The first-order valence-electron chi connectivity index (χ1n) is 4.34. The quantitative estimate of drug-likeness (QED) is 0.566. The Morgan fingerprint density at radius 1 is 1.42 bits per heavy atom. The van der Waals surface area contributed by atoms with Gasteiger partial charge in [0.2, 0.25) is 0 Å². The molecular formula is C11H19N. The van der Waals surface area contributed by atoms with Gasteiger partial charge in [-0.3, -0.25) is 0 Å². The zero-order chi connectivity index (χ0) is 9.40. The summed E-state index contributed by atoms with van der Waals surface area (Å²) in [5.74, 6) is 0. The minimum absolute atomic E-state index is 1.04. The molecule has 0 aromatic rings. The Bertz CT molecular complexity index is 177. The van der Waals surface area contributed by atoms with Crippen molar-refractivity contribution >= 4 is 0 Å². The van der Waals surface area contributed by atoms with Gasteiger partial charge in [0.05, 0.1) is 0 Å². The minimum Gasteiger partial charge on any atom is -0.303 e. The number of allylic oxidation sites excluding steroid dienone is 4. The predicted molar refractivity (Wildman–Crippen MR) is 56.3 cm³/mol. The van der Waals surface area contributed by atoms with Crippen molar-refractivity contribution in [1.29, 1.82) is 0 Å². The van der Waals surface area contributed by atoms with Crippen LogP contribution in [0.1, 0.15) is 13.8 Å². The molecule has 0 saturated carbocycles. The highest BCUT2D eigenvalue weighted by molar-refractivity contribution is 5.14. The number of likely N-dealkylation sites (N-methyl/N-ethyl adjacent to an activating group) is 1. The molecule has 0 atom stereocenters. The van der Waals surface area contributed by atoms with Gasteiger partial charge in [0.1, 0.15) is 0 Å². The fraction of sp³-hybridized carbons (Fsp3) is 0.455. The zero-order valence-corrected chi connectivity index (χ0v) is 8.38. The highest BCUT2D eigenvalue weighted by Gasteiger charge is 1.93. The summed E-state index contributed by atoms with van der Waals surface area (Å²) in [7, 11) is 2.12. The second kappa shape index (κ2) is 6.86. The van der Waals surface area contributed by atoms with Crippen LogP contribution in [0.15, 0.2) is 36.5 Å². The topological polar surface area (TPSA) is 3.24 Å². The Hall–Kier alpha value is -0.820. The number of nitrogens with zero attached hydrogens (tertiary/aromatic N) is 1. The standard InChI is InChI=1S/C11H19N/c1-5-7-8-9-11(3)10-12(4)6-2/h5,7-9H,1,6,10H2,2-4H3/b8-7-,11-9+. The monoisotopic (exact) mass is 165 g/mol. The summed E-state index contributed by atoms with van der Waals surface area (Å²) in [5, 5.41) is 0. The Morgan fingerprint density at radius 3 is 2.58 bits per heavy atom. The van der Waals surface area contributed by atoms with E-state index in [1.54, 1.807) is 6.08 Å². The molecule has 12 heavy (non-hydrogen) atoms. The van der Waals surface area contributed by atoms with E-state index in [9.17, 15) is 0 Å². The molecule has 0 spiro atoms. The second-order valence-corrected chi connectivity index (χ2v) is 2.96. The van der Waals surface area contributed by atoms with Crippen LogP contribution >= 0.6 is 0 Å². The Kier molecular flexibility index (Phi) is 6.39. The maximum Gasteiger partial charge on any atom is 0.0190 e. The molecule has 0 amide bonds. The molecule has 0 N–H and O–H groups in total. The van der Waals surface area contributed by atoms with Crippen LogP contribution in [0.4, 0.5) is 0 Å². The number of hydrogen-bond acceptors (Lipinski definition) is 1.